The number of para-hydroxylation sites is 3. The Morgan fingerprint density at radius 3 is 1.82 bits per heavy atom. The van der Waals surface area contributed by atoms with Crippen LogP contribution in [0, 0.1) is 0 Å². The molecule has 0 atom stereocenters. The van der Waals surface area contributed by atoms with Crippen molar-refractivity contribution in [2.45, 2.75) is 0 Å². The molecule has 0 radical (unpaired) electrons. The molecular formula is C52H33NOS. The Bertz CT molecular complexity index is 3240. The second-order valence-electron chi connectivity index (χ2n) is 14.1. The number of thiophene rings is 1. The lowest BCUT2D eigenvalue weighted by Crippen LogP contribution is -2.12. The molecule has 2 aromatic heterocycles. The van der Waals surface area contributed by atoms with Gasteiger partial charge in [-0.05, 0) is 93.7 Å². The Balaban J connectivity index is 1.15. The van der Waals surface area contributed by atoms with Gasteiger partial charge in [-0.3, -0.25) is 0 Å². The van der Waals surface area contributed by atoms with Crippen LogP contribution in [0.2, 0.25) is 0 Å². The van der Waals surface area contributed by atoms with Crippen LogP contribution < -0.4 is 4.90 Å². The normalized spacial score (nSPS) is 11.6. The van der Waals surface area contributed by atoms with Gasteiger partial charge in [0.25, 0.3) is 0 Å². The van der Waals surface area contributed by atoms with Crippen molar-refractivity contribution in [3.63, 3.8) is 0 Å². The molecule has 9 aromatic carbocycles. The lowest BCUT2D eigenvalue weighted by Gasteiger charge is -2.30. The standard InChI is InChI=1S/C52H33NOS/c1-2-14-35-31-37(28-27-34(35)13-1)40-17-3-7-22-46(40)53(39-16-11-15-36(32-39)42-21-12-26-51-52(42)45-20-6-10-25-50(45)55-51)47-23-8-4-18-41(47)38-29-30-44-43-19-5-9-24-48(43)54-49(44)33-38/h1-33H. The summed E-state index contributed by atoms with van der Waals surface area (Å²) < 4.78 is 9.01. The van der Waals surface area contributed by atoms with Gasteiger partial charge in [-0.15, -0.1) is 11.3 Å². The first kappa shape index (κ1) is 31.6. The van der Waals surface area contributed by atoms with E-state index in [1.54, 1.807) is 0 Å². The van der Waals surface area contributed by atoms with E-state index in [4.69, 9.17) is 4.42 Å². The number of rotatable bonds is 6. The van der Waals surface area contributed by atoms with Crippen LogP contribution in [0.15, 0.2) is 205 Å². The summed E-state index contributed by atoms with van der Waals surface area (Å²) in [5, 5.41) is 7.32. The van der Waals surface area contributed by atoms with E-state index >= 15 is 0 Å². The molecule has 0 fully saturated rings. The minimum absolute atomic E-state index is 0.884. The average Bonchev–Trinajstić information content (AvgIpc) is 3.82. The summed E-state index contributed by atoms with van der Waals surface area (Å²) in [6, 6.07) is 72.3. The highest BCUT2D eigenvalue weighted by Crippen LogP contribution is 2.47. The second-order valence-corrected chi connectivity index (χ2v) is 15.2. The highest BCUT2D eigenvalue weighted by molar-refractivity contribution is 7.25. The van der Waals surface area contributed by atoms with E-state index in [0.717, 1.165) is 55.7 Å². The Kier molecular flexibility index (Phi) is 7.39. The largest absolute Gasteiger partial charge is 0.456 e. The number of anilines is 3. The average molecular weight is 720 g/mol. The predicted octanol–water partition coefficient (Wildman–Crippen LogP) is 15.6. The Hall–Kier alpha value is -6.94. The van der Waals surface area contributed by atoms with E-state index < -0.39 is 0 Å². The smallest absolute Gasteiger partial charge is 0.136 e. The third-order valence-corrected chi connectivity index (χ3v) is 12.0. The molecule has 0 amide bonds. The van der Waals surface area contributed by atoms with Crippen LogP contribution in [0.3, 0.4) is 0 Å². The van der Waals surface area contributed by atoms with E-state index in [0.29, 0.717) is 0 Å². The van der Waals surface area contributed by atoms with E-state index in [9.17, 15) is 0 Å². The molecule has 2 heterocycles. The fourth-order valence-electron chi connectivity index (χ4n) is 8.31. The number of fused-ring (bicyclic) bond motifs is 7. The van der Waals surface area contributed by atoms with Crippen LogP contribution in [0.1, 0.15) is 0 Å². The molecule has 11 rings (SSSR count). The molecular weight excluding hydrogens is 687 g/mol. The van der Waals surface area contributed by atoms with Crippen LogP contribution in [-0.4, -0.2) is 0 Å². The van der Waals surface area contributed by atoms with Crippen molar-refractivity contribution in [3.8, 4) is 33.4 Å². The van der Waals surface area contributed by atoms with Crippen molar-refractivity contribution in [1.82, 2.24) is 0 Å². The number of furan rings is 1. The van der Waals surface area contributed by atoms with Crippen LogP contribution in [0.25, 0.3) is 86.3 Å². The predicted molar refractivity (Wildman–Crippen MR) is 235 cm³/mol. The zero-order valence-electron chi connectivity index (χ0n) is 29.8. The van der Waals surface area contributed by atoms with Gasteiger partial charge in [-0.25, -0.2) is 0 Å². The summed E-state index contributed by atoms with van der Waals surface area (Å²) >= 11 is 1.86. The third-order valence-electron chi connectivity index (χ3n) is 10.9. The highest BCUT2D eigenvalue weighted by Gasteiger charge is 2.22. The molecule has 0 aliphatic heterocycles. The fourth-order valence-corrected chi connectivity index (χ4v) is 9.44. The molecule has 258 valence electrons. The van der Waals surface area contributed by atoms with Gasteiger partial charge in [0, 0.05) is 47.8 Å². The van der Waals surface area contributed by atoms with Gasteiger partial charge in [-0.1, -0.05) is 140 Å². The van der Waals surface area contributed by atoms with Crippen LogP contribution >= 0.6 is 11.3 Å². The van der Waals surface area contributed by atoms with E-state index in [-0.39, 0.29) is 0 Å². The van der Waals surface area contributed by atoms with Crippen molar-refractivity contribution in [2.24, 2.45) is 0 Å². The van der Waals surface area contributed by atoms with Gasteiger partial charge < -0.3 is 9.32 Å². The lowest BCUT2D eigenvalue weighted by atomic mass is 9.96. The summed E-state index contributed by atoms with van der Waals surface area (Å²) in [4.78, 5) is 2.44. The summed E-state index contributed by atoms with van der Waals surface area (Å²) in [7, 11) is 0. The first-order chi connectivity index (χ1) is 27.3. The van der Waals surface area contributed by atoms with Gasteiger partial charge in [0.1, 0.15) is 11.2 Å². The maximum absolute atomic E-state index is 6.41. The number of benzene rings is 9. The SMILES string of the molecule is c1cc(-c2cccc3sc4ccccc4c23)cc(N(c2ccccc2-c2ccc3ccccc3c2)c2ccccc2-c2ccc3c(c2)oc2ccccc23)c1. The number of nitrogens with zero attached hydrogens (tertiary/aromatic N) is 1. The number of hydrogen-bond acceptors (Lipinski definition) is 3. The van der Waals surface area contributed by atoms with Crippen molar-refractivity contribution in [2.75, 3.05) is 4.90 Å². The quantitative estimate of drug-likeness (QED) is 0.170. The minimum Gasteiger partial charge on any atom is -0.456 e. The van der Waals surface area contributed by atoms with E-state index in [2.05, 4.69) is 193 Å². The molecule has 55 heavy (non-hydrogen) atoms. The molecule has 0 aliphatic rings. The molecule has 0 saturated carbocycles. The van der Waals surface area contributed by atoms with Crippen LogP contribution in [-0.2, 0) is 0 Å². The molecule has 0 bridgehead atoms. The zero-order valence-corrected chi connectivity index (χ0v) is 30.6. The molecule has 0 N–H and O–H groups in total. The van der Waals surface area contributed by atoms with Gasteiger partial charge in [-0.2, -0.15) is 0 Å². The maximum Gasteiger partial charge on any atom is 0.136 e. The third kappa shape index (κ3) is 5.32. The molecule has 0 saturated heterocycles. The first-order valence-electron chi connectivity index (χ1n) is 18.7. The van der Waals surface area contributed by atoms with E-state index in [1.807, 2.05) is 23.5 Å². The van der Waals surface area contributed by atoms with Gasteiger partial charge in [0.15, 0.2) is 0 Å². The van der Waals surface area contributed by atoms with Gasteiger partial charge in [0.2, 0.25) is 0 Å². The molecule has 11 aromatic rings. The minimum atomic E-state index is 0.884. The van der Waals surface area contributed by atoms with Crippen molar-refractivity contribution < 1.29 is 4.42 Å². The fraction of sp³-hybridized carbons (Fsp3) is 0. The first-order valence-corrected chi connectivity index (χ1v) is 19.5. The zero-order chi connectivity index (χ0) is 36.3. The molecule has 3 heteroatoms. The highest BCUT2D eigenvalue weighted by atomic mass is 32.1. The summed E-state index contributed by atoms with van der Waals surface area (Å²) in [6.07, 6.45) is 0. The van der Waals surface area contributed by atoms with Gasteiger partial charge >= 0.3 is 0 Å². The molecule has 0 spiro atoms. The summed E-state index contributed by atoms with van der Waals surface area (Å²) in [5.74, 6) is 0. The van der Waals surface area contributed by atoms with Crippen molar-refractivity contribution >= 4 is 81.3 Å². The lowest BCUT2D eigenvalue weighted by molar-refractivity contribution is 0.669. The van der Waals surface area contributed by atoms with Crippen LogP contribution in [0.4, 0.5) is 17.1 Å². The number of hydrogen-bond donors (Lipinski definition) is 0. The summed E-state index contributed by atoms with van der Waals surface area (Å²) in [5.41, 5.74) is 12.0. The molecule has 0 unspecified atom stereocenters. The molecule has 2 nitrogen and oxygen atoms in total. The van der Waals surface area contributed by atoms with E-state index in [1.165, 1.54) is 47.6 Å². The monoisotopic (exact) mass is 719 g/mol. The Morgan fingerprint density at radius 2 is 0.964 bits per heavy atom. The molecule has 0 aliphatic carbocycles. The van der Waals surface area contributed by atoms with Crippen molar-refractivity contribution in [3.05, 3.63) is 200 Å². The topological polar surface area (TPSA) is 16.4 Å². The van der Waals surface area contributed by atoms with Crippen molar-refractivity contribution in [1.29, 1.82) is 0 Å². The summed E-state index contributed by atoms with van der Waals surface area (Å²) in [6.45, 7) is 0. The Labute approximate surface area is 322 Å². The van der Waals surface area contributed by atoms with Crippen LogP contribution in [0.5, 0.6) is 0 Å². The second kappa shape index (κ2) is 12.9. The maximum atomic E-state index is 6.41. The van der Waals surface area contributed by atoms with Gasteiger partial charge in [0.05, 0.1) is 11.4 Å². The Morgan fingerprint density at radius 1 is 0.364 bits per heavy atom.